The molecule has 2 aromatic heterocycles. The summed E-state index contributed by atoms with van der Waals surface area (Å²) in [6.07, 6.45) is 7.40. The number of rotatable bonds is 9. The Morgan fingerprint density at radius 1 is 1.00 bits per heavy atom. The fraction of sp³-hybridized carbons (Fsp3) is 0.433. The SMILES string of the molecule is O=C(NC1CCC(Nc2cc(-c3cccc(NC[C@@H]4CCCNC4)n3)c(Cl)cn2)CC1)OCc1ccccc1. The predicted octanol–water partition coefficient (Wildman–Crippen LogP) is 5.86. The van der Waals surface area contributed by atoms with Crippen LogP contribution in [0.25, 0.3) is 11.3 Å². The molecule has 0 radical (unpaired) electrons. The average molecular weight is 549 g/mol. The molecule has 1 saturated carbocycles. The number of hydrogen-bond donors (Lipinski definition) is 4. The number of ether oxygens (including phenoxy) is 1. The van der Waals surface area contributed by atoms with E-state index in [0.29, 0.717) is 10.9 Å². The lowest BCUT2D eigenvalue weighted by Gasteiger charge is -2.29. The van der Waals surface area contributed by atoms with Crippen LogP contribution in [0.5, 0.6) is 0 Å². The molecule has 0 spiro atoms. The topological polar surface area (TPSA) is 100 Å². The first-order valence-corrected chi connectivity index (χ1v) is 14.3. The van der Waals surface area contributed by atoms with E-state index in [-0.39, 0.29) is 24.8 Å². The van der Waals surface area contributed by atoms with Crippen LogP contribution in [0, 0.1) is 5.92 Å². The molecule has 1 amide bonds. The van der Waals surface area contributed by atoms with Crippen LogP contribution in [0.2, 0.25) is 5.02 Å². The van der Waals surface area contributed by atoms with E-state index in [1.165, 1.54) is 12.8 Å². The van der Waals surface area contributed by atoms with E-state index in [0.717, 1.165) is 73.8 Å². The van der Waals surface area contributed by atoms with Gasteiger partial charge in [-0.1, -0.05) is 48.0 Å². The summed E-state index contributed by atoms with van der Waals surface area (Å²) in [5.41, 5.74) is 2.65. The minimum Gasteiger partial charge on any atom is -0.445 e. The van der Waals surface area contributed by atoms with Crippen molar-refractivity contribution in [2.45, 2.75) is 57.2 Å². The van der Waals surface area contributed by atoms with Gasteiger partial charge in [0, 0.05) is 30.4 Å². The summed E-state index contributed by atoms with van der Waals surface area (Å²) in [6.45, 7) is 3.35. The first kappa shape index (κ1) is 27.2. The van der Waals surface area contributed by atoms with Crippen molar-refractivity contribution in [2.75, 3.05) is 30.3 Å². The van der Waals surface area contributed by atoms with Gasteiger partial charge >= 0.3 is 6.09 Å². The molecule has 1 aliphatic carbocycles. The molecule has 1 aliphatic heterocycles. The summed E-state index contributed by atoms with van der Waals surface area (Å²) in [5.74, 6) is 2.25. The molecule has 5 rings (SSSR count). The number of nitrogens with one attached hydrogen (secondary N) is 4. The molecule has 0 unspecified atom stereocenters. The summed E-state index contributed by atoms with van der Waals surface area (Å²) in [5, 5.41) is 14.1. The van der Waals surface area contributed by atoms with Gasteiger partial charge in [-0.25, -0.2) is 14.8 Å². The Kier molecular flexibility index (Phi) is 9.51. The summed E-state index contributed by atoms with van der Waals surface area (Å²) in [6, 6.07) is 18.1. The summed E-state index contributed by atoms with van der Waals surface area (Å²) < 4.78 is 5.37. The zero-order valence-corrected chi connectivity index (χ0v) is 22.9. The van der Waals surface area contributed by atoms with Gasteiger partial charge in [-0.3, -0.25) is 0 Å². The number of carbonyl (C=O) groups is 1. The number of benzene rings is 1. The molecule has 8 nitrogen and oxygen atoms in total. The second-order valence-corrected chi connectivity index (χ2v) is 10.9. The predicted molar refractivity (Wildman–Crippen MR) is 156 cm³/mol. The largest absolute Gasteiger partial charge is 0.445 e. The van der Waals surface area contributed by atoms with Gasteiger partial charge in [0.05, 0.1) is 10.7 Å². The standard InChI is InChI=1S/C30H37ClN6O2/c31-26-19-34-29(16-25(26)27-9-4-10-28(37-27)33-18-22-8-5-15-32-17-22)35-23-11-13-24(14-12-23)36-30(38)39-20-21-6-2-1-3-7-21/h1-4,6-7,9-10,16,19,22-24,32H,5,8,11-15,17-18,20H2,(H,33,37)(H,34,35)(H,36,38)/t22-,23?,24?/m1/s1. The van der Waals surface area contributed by atoms with Crippen molar-refractivity contribution in [3.05, 3.63) is 71.4 Å². The molecule has 1 atom stereocenters. The summed E-state index contributed by atoms with van der Waals surface area (Å²) in [7, 11) is 0. The molecule has 1 saturated heterocycles. The monoisotopic (exact) mass is 548 g/mol. The lowest BCUT2D eigenvalue weighted by molar-refractivity contribution is 0.132. The van der Waals surface area contributed by atoms with Gasteiger partial charge in [-0.05, 0) is 81.3 Å². The maximum absolute atomic E-state index is 12.2. The number of pyridine rings is 2. The van der Waals surface area contributed by atoms with E-state index < -0.39 is 0 Å². The molecule has 3 aromatic rings. The number of alkyl carbamates (subject to hydrolysis) is 1. The van der Waals surface area contributed by atoms with Crippen molar-refractivity contribution < 1.29 is 9.53 Å². The second-order valence-electron chi connectivity index (χ2n) is 10.4. The lowest BCUT2D eigenvalue weighted by atomic mass is 9.91. The van der Waals surface area contributed by atoms with Gasteiger partial charge in [-0.15, -0.1) is 0 Å². The van der Waals surface area contributed by atoms with E-state index in [1.807, 2.05) is 54.6 Å². The fourth-order valence-electron chi connectivity index (χ4n) is 5.27. The number of halogens is 1. The Balaban J connectivity index is 1.11. The van der Waals surface area contributed by atoms with Crippen molar-refractivity contribution in [1.82, 2.24) is 20.6 Å². The van der Waals surface area contributed by atoms with Crippen molar-refractivity contribution in [3.63, 3.8) is 0 Å². The van der Waals surface area contributed by atoms with E-state index in [1.54, 1.807) is 6.20 Å². The molecule has 4 N–H and O–H groups in total. The van der Waals surface area contributed by atoms with E-state index in [4.69, 9.17) is 21.3 Å². The van der Waals surface area contributed by atoms with E-state index >= 15 is 0 Å². The van der Waals surface area contributed by atoms with Crippen LogP contribution in [-0.2, 0) is 11.3 Å². The molecule has 206 valence electrons. The molecule has 2 aliphatic rings. The summed E-state index contributed by atoms with van der Waals surface area (Å²) >= 11 is 6.55. The van der Waals surface area contributed by atoms with Gasteiger partial charge in [0.1, 0.15) is 18.2 Å². The third-order valence-electron chi connectivity index (χ3n) is 7.47. The van der Waals surface area contributed by atoms with Crippen molar-refractivity contribution in [1.29, 1.82) is 0 Å². The van der Waals surface area contributed by atoms with Gasteiger partial charge in [0.2, 0.25) is 0 Å². The van der Waals surface area contributed by atoms with Gasteiger partial charge in [0.25, 0.3) is 0 Å². The highest BCUT2D eigenvalue weighted by Gasteiger charge is 2.23. The minimum absolute atomic E-state index is 0.115. The number of carbonyl (C=O) groups excluding carboxylic acids is 1. The molecule has 1 aromatic carbocycles. The Bertz CT molecular complexity index is 1210. The van der Waals surface area contributed by atoms with Crippen LogP contribution >= 0.6 is 11.6 Å². The average Bonchev–Trinajstić information content (AvgIpc) is 2.98. The van der Waals surface area contributed by atoms with Crippen LogP contribution in [0.3, 0.4) is 0 Å². The Labute approximate surface area is 235 Å². The smallest absolute Gasteiger partial charge is 0.407 e. The third-order valence-corrected chi connectivity index (χ3v) is 7.77. The zero-order chi connectivity index (χ0) is 26.9. The van der Waals surface area contributed by atoms with Crippen LogP contribution in [0.4, 0.5) is 16.4 Å². The quantitative estimate of drug-likeness (QED) is 0.266. The molecule has 9 heteroatoms. The van der Waals surface area contributed by atoms with Crippen molar-refractivity contribution in [3.8, 4) is 11.3 Å². The second kappa shape index (κ2) is 13.6. The third kappa shape index (κ3) is 8.07. The number of aromatic nitrogens is 2. The van der Waals surface area contributed by atoms with E-state index in [2.05, 4.69) is 26.3 Å². The van der Waals surface area contributed by atoms with Gasteiger partial charge in [0.15, 0.2) is 0 Å². The zero-order valence-electron chi connectivity index (χ0n) is 22.2. The maximum atomic E-state index is 12.2. The number of nitrogens with zero attached hydrogens (tertiary/aromatic N) is 2. The van der Waals surface area contributed by atoms with Crippen molar-refractivity contribution in [2.24, 2.45) is 5.92 Å². The number of piperidine rings is 1. The first-order valence-electron chi connectivity index (χ1n) is 13.9. The Morgan fingerprint density at radius 2 is 1.82 bits per heavy atom. The molecular formula is C30H37ClN6O2. The highest BCUT2D eigenvalue weighted by atomic mass is 35.5. The molecular weight excluding hydrogens is 512 g/mol. The lowest BCUT2D eigenvalue weighted by Crippen LogP contribution is -2.40. The highest BCUT2D eigenvalue weighted by molar-refractivity contribution is 6.33. The van der Waals surface area contributed by atoms with E-state index in [9.17, 15) is 4.79 Å². The van der Waals surface area contributed by atoms with Crippen LogP contribution in [-0.4, -0.2) is 47.8 Å². The normalized spacial score (nSPS) is 21.1. The van der Waals surface area contributed by atoms with Gasteiger partial charge < -0.3 is 26.0 Å². The minimum atomic E-state index is -0.362. The van der Waals surface area contributed by atoms with Gasteiger partial charge in [-0.2, -0.15) is 0 Å². The summed E-state index contributed by atoms with van der Waals surface area (Å²) in [4.78, 5) is 21.6. The van der Waals surface area contributed by atoms with Crippen molar-refractivity contribution >= 4 is 29.3 Å². The number of amides is 1. The Morgan fingerprint density at radius 3 is 2.62 bits per heavy atom. The Hall–Kier alpha value is -3.36. The maximum Gasteiger partial charge on any atom is 0.407 e. The van der Waals surface area contributed by atoms with Crippen LogP contribution in [0.1, 0.15) is 44.1 Å². The fourth-order valence-corrected chi connectivity index (χ4v) is 5.47. The first-order chi connectivity index (χ1) is 19.1. The number of anilines is 2. The van der Waals surface area contributed by atoms with Crippen LogP contribution in [0.15, 0.2) is 60.8 Å². The van der Waals surface area contributed by atoms with Crippen LogP contribution < -0.4 is 21.3 Å². The molecule has 2 fully saturated rings. The molecule has 0 bridgehead atoms. The highest BCUT2D eigenvalue weighted by Crippen LogP contribution is 2.30. The molecule has 3 heterocycles. The number of hydrogen-bond acceptors (Lipinski definition) is 7. The molecule has 39 heavy (non-hydrogen) atoms.